The normalized spacial score (nSPS) is 15.1. The Bertz CT molecular complexity index is 1480. The molecule has 2 aliphatic carbocycles. The van der Waals surface area contributed by atoms with Gasteiger partial charge in [-0.1, -0.05) is 50.2 Å². The number of hydrogen-bond donors (Lipinski definition) is 2. The van der Waals surface area contributed by atoms with Crippen LogP contribution in [-0.4, -0.2) is 38.9 Å². The Labute approximate surface area is 222 Å². The fourth-order valence-electron chi connectivity index (χ4n) is 4.57. The van der Waals surface area contributed by atoms with Crippen molar-refractivity contribution in [1.82, 2.24) is 19.9 Å². The standard InChI is InChI=1S/C31H33N5O2/c1-19(2)17-32-27-16-26(21-5-9-23(10-6-21)29(37)15-20-3-4-20)35-36-28(18-33-30(27)36)22-7-11-24(12-8-22)31(38)34-25-13-14-25/h5-12,16,18-20,25,32H,3-4,13-15,17H2,1-2H3,(H,34,38). The van der Waals surface area contributed by atoms with E-state index in [-0.39, 0.29) is 11.7 Å². The molecule has 2 heterocycles. The second-order valence-corrected chi connectivity index (χ2v) is 11.1. The summed E-state index contributed by atoms with van der Waals surface area (Å²) in [5.74, 6) is 1.22. The van der Waals surface area contributed by atoms with Gasteiger partial charge >= 0.3 is 0 Å². The van der Waals surface area contributed by atoms with Gasteiger partial charge in [0.2, 0.25) is 0 Å². The van der Waals surface area contributed by atoms with Crippen LogP contribution in [0.2, 0.25) is 0 Å². The minimum Gasteiger partial charge on any atom is -0.382 e. The van der Waals surface area contributed by atoms with Gasteiger partial charge in [-0.05, 0) is 55.7 Å². The van der Waals surface area contributed by atoms with Crippen LogP contribution in [0.25, 0.3) is 28.2 Å². The van der Waals surface area contributed by atoms with Gasteiger partial charge in [0, 0.05) is 41.3 Å². The fraction of sp³-hybridized carbons (Fsp3) is 0.355. The number of imidazole rings is 1. The van der Waals surface area contributed by atoms with Crippen LogP contribution in [0.5, 0.6) is 0 Å². The van der Waals surface area contributed by atoms with E-state index in [1.807, 2.05) is 65.3 Å². The van der Waals surface area contributed by atoms with Gasteiger partial charge in [0.05, 0.1) is 23.3 Å². The molecule has 0 saturated heterocycles. The lowest BCUT2D eigenvalue weighted by Gasteiger charge is -2.13. The first kappa shape index (κ1) is 24.3. The van der Waals surface area contributed by atoms with Gasteiger partial charge in [-0.15, -0.1) is 0 Å². The predicted octanol–water partition coefficient (Wildman–Crippen LogP) is 6.01. The lowest BCUT2D eigenvalue weighted by atomic mass is 10.0. The summed E-state index contributed by atoms with van der Waals surface area (Å²) < 4.78 is 1.86. The molecule has 0 unspecified atom stereocenters. The summed E-state index contributed by atoms with van der Waals surface area (Å²) in [5.41, 5.74) is 6.58. The van der Waals surface area contributed by atoms with Crippen molar-refractivity contribution in [3.05, 3.63) is 71.9 Å². The number of benzene rings is 2. The molecule has 2 N–H and O–H groups in total. The highest BCUT2D eigenvalue weighted by Crippen LogP contribution is 2.34. The molecule has 194 valence electrons. The first-order valence-electron chi connectivity index (χ1n) is 13.6. The van der Waals surface area contributed by atoms with Crippen LogP contribution in [0.1, 0.15) is 66.7 Å². The number of Topliss-reactive ketones (excluding diaryl/α,β-unsaturated/α-hetero) is 1. The molecule has 4 aromatic rings. The van der Waals surface area contributed by atoms with Crippen LogP contribution in [-0.2, 0) is 0 Å². The van der Waals surface area contributed by atoms with Crippen molar-refractivity contribution in [3.63, 3.8) is 0 Å². The van der Waals surface area contributed by atoms with Gasteiger partial charge in [0.25, 0.3) is 5.91 Å². The molecule has 38 heavy (non-hydrogen) atoms. The summed E-state index contributed by atoms with van der Waals surface area (Å²) >= 11 is 0. The smallest absolute Gasteiger partial charge is 0.251 e. The molecule has 0 aliphatic heterocycles. The Balaban J connectivity index is 1.34. The topological polar surface area (TPSA) is 88.4 Å². The molecule has 0 radical (unpaired) electrons. The first-order chi connectivity index (χ1) is 18.4. The largest absolute Gasteiger partial charge is 0.382 e. The summed E-state index contributed by atoms with van der Waals surface area (Å²) in [6.07, 6.45) is 6.93. The van der Waals surface area contributed by atoms with Crippen LogP contribution in [0.4, 0.5) is 5.69 Å². The van der Waals surface area contributed by atoms with Gasteiger partial charge in [-0.25, -0.2) is 9.50 Å². The molecule has 0 atom stereocenters. The Hall–Kier alpha value is -4.00. The number of fused-ring (bicyclic) bond motifs is 1. The molecule has 1 amide bonds. The highest BCUT2D eigenvalue weighted by Gasteiger charge is 2.25. The zero-order chi connectivity index (χ0) is 26.2. The Morgan fingerprint density at radius 2 is 1.63 bits per heavy atom. The van der Waals surface area contributed by atoms with E-state index in [2.05, 4.69) is 24.5 Å². The van der Waals surface area contributed by atoms with Crippen LogP contribution < -0.4 is 10.6 Å². The number of nitrogens with zero attached hydrogens (tertiary/aromatic N) is 3. The minimum absolute atomic E-state index is 0.0307. The number of nitrogens with one attached hydrogen (secondary N) is 2. The number of ketones is 1. The Morgan fingerprint density at radius 1 is 0.947 bits per heavy atom. The molecule has 2 aliphatic rings. The minimum atomic E-state index is -0.0307. The van der Waals surface area contributed by atoms with Gasteiger partial charge in [-0.2, -0.15) is 5.10 Å². The van der Waals surface area contributed by atoms with E-state index in [9.17, 15) is 9.59 Å². The maximum Gasteiger partial charge on any atom is 0.251 e. The molecule has 6 rings (SSSR count). The Morgan fingerprint density at radius 3 is 2.29 bits per heavy atom. The number of carbonyl (C=O) groups is 2. The number of amides is 1. The third kappa shape index (κ3) is 5.32. The van der Waals surface area contributed by atoms with Gasteiger partial charge in [0.15, 0.2) is 11.4 Å². The zero-order valence-electron chi connectivity index (χ0n) is 21.9. The van der Waals surface area contributed by atoms with Crippen LogP contribution in [0.15, 0.2) is 60.8 Å². The van der Waals surface area contributed by atoms with Crippen LogP contribution >= 0.6 is 0 Å². The lowest BCUT2D eigenvalue weighted by Crippen LogP contribution is -2.25. The number of aromatic nitrogens is 3. The number of carbonyl (C=O) groups excluding carboxylic acids is 2. The third-order valence-electron chi connectivity index (χ3n) is 7.20. The molecule has 2 aromatic heterocycles. The molecular formula is C31H33N5O2. The van der Waals surface area contributed by atoms with Gasteiger partial charge in [-0.3, -0.25) is 9.59 Å². The highest BCUT2D eigenvalue weighted by atomic mass is 16.1. The van der Waals surface area contributed by atoms with Crippen LogP contribution in [0, 0.1) is 11.8 Å². The van der Waals surface area contributed by atoms with Crippen molar-refractivity contribution in [1.29, 1.82) is 0 Å². The van der Waals surface area contributed by atoms with Gasteiger partial charge < -0.3 is 10.6 Å². The summed E-state index contributed by atoms with van der Waals surface area (Å²) in [5, 5.41) is 11.5. The molecule has 7 nitrogen and oxygen atoms in total. The SMILES string of the molecule is CC(C)CNc1cc(-c2ccc(C(=O)CC3CC3)cc2)nn2c(-c3ccc(C(=O)NC4CC4)cc3)cnc12. The molecule has 7 heteroatoms. The average molecular weight is 508 g/mol. The van der Waals surface area contributed by atoms with Crippen molar-refractivity contribution in [2.45, 2.75) is 52.0 Å². The molecule has 0 spiro atoms. The van der Waals surface area contributed by atoms with Crippen molar-refractivity contribution in [3.8, 4) is 22.5 Å². The van der Waals surface area contributed by atoms with E-state index in [1.165, 1.54) is 12.8 Å². The van der Waals surface area contributed by atoms with E-state index in [0.29, 0.717) is 29.9 Å². The first-order valence-corrected chi connectivity index (χ1v) is 13.6. The van der Waals surface area contributed by atoms with Crippen molar-refractivity contribution < 1.29 is 9.59 Å². The number of hydrogen-bond acceptors (Lipinski definition) is 5. The van der Waals surface area contributed by atoms with Crippen molar-refractivity contribution in [2.24, 2.45) is 11.8 Å². The predicted molar refractivity (Wildman–Crippen MR) is 149 cm³/mol. The van der Waals surface area contributed by atoms with Crippen molar-refractivity contribution >= 4 is 23.0 Å². The molecule has 2 saturated carbocycles. The third-order valence-corrected chi connectivity index (χ3v) is 7.20. The molecule has 2 aromatic carbocycles. The maximum atomic E-state index is 12.5. The highest BCUT2D eigenvalue weighted by molar-refractivity contribution is 5.97. The van der Waals surface area contributed by atoms with E-state index in [0.717, 1.165) is 58.8 Å². The van der Waals surface area contributed by atoms with Gasteiger partial charge in [0.1, 0.15) is 0 Å². The van der Waals surface area contributed by atoms with Crippen LogP contribution in [0.3, 0.4) is 0 Å². The quantitative estimate of drug-likeness (QED) is 0.257. The molecule has 2 fully saturated rings. The maximum absolute atomic E-state index is 12.5. The summed E-state index contributed by atoms with van der Waals surface area (Å²) in [6.45, 7) is 5.14. The Kier molecular flexibility index (Phi) is 6.44. The molecule has 0 bridgehead atoms. The summed E-state index contributed by atoms with van der Waals surface area (Å²) in [4.78, 5) is 29.7. The number of anilines is 1. The fourth-order valence-corrected chi connectivity index (χ4v) is 4.57. The number of rotatable bonds is 10. The van der Waals surface area contributed by atoms with E-state index < -0.39 is 0 Å². The second-order valence-electron chi connectivity index (χ2n) is 11.1. The lowest BCUT2D eigenvalue weighted by molar-refractivity contribution is 0.0948. The second kappa shape index (κ2) is 10.0. The molecular weight excluding hydrogens is 474 g/mol. The average Bonchev–Trinajstić information content (AvgIpc) is 3.86. The van der Waals surface area contributed by atoms with Crippen molar-refractivity contribution in [2.75, 3.05) is 11.9 Å². The zero-order valence-corrected chi connectivity index (χ0v) is 21.9. The summed E-state index contributed by atoms with van der Waals surface area (Å²) in [6, 6.07) is 17.7. The monoisotopic (exact) mass is 507 g/mol. The van der Waals surface area contributed by atoms with E-state index in [1.54, 1.807) is 0 Å². The van der Waals surface area contributed by atoms with E-state index >= 15 is 0 Å². The summed E-state index contributed by atoms with van der Waals surface area (Å²) in [7, 11) is 0. The van der Waals surface area contributed by atoms with E-state index in [4.69, 9.17) is 10.1 Å².